The van der Waals surface area contributed by atoms with E-state index in [0.29, 0.717) is 42.4 Å². The van der Waals surface area contributed by atoms with Crippen LogP contribution in [-0.4, -0.2) is 63.7 Å². The van der Waals surface area contributed by atoms with Gasteiger partial charge in [-0.25, -0.2) is 9.59 Å². The molecule has 1 aromatic carbocycles. The van der Waals surface area contributed by atoms with Crippen LogP contribution in [0.15, 0.2) is 41.3 Å². The number of ether oxygens (including phenoxy) is 2. The summed E-state index contributed by atoms with van der Waals surface area (Å²) < 4.78 is 39.5. The van der Waals surface area contributed by atoms with E-state index in [2.05, 4.69) is 15.6 Å². The number of unbranched alkanes of at least 4 members (excludes halogenated alkanes) is 2. The number of carbonyl (C=O) groups is 3. The number of aromatic nitrogens is 2. The number of amides is 2. The molecule has 0 radical (unpaired) electrons. The second-order valence-corrected chi connectivity index (χ2v) is 9.05. The van der Waals surface area contributed by atoms with Crippen LogP contribution in [0.25, 0.3) is 0 Å². The Morgan fingerprint density at radius 3 is 2.54 bits per heavy atom. The van der Waals surface area contributed by atoms with Crippen molar-refractivity contribution in [3.8, 4) is 0 Å². The number of nitrogens with one attached hydrogen (secondary N) is 2. The number of alkyl carbamates (subject to hydrolysis) is 1. The van der Waals surface area contributed by atoms with Crippen molar-refractivity contribution in [1.82, 2.24) is 20.2 Å². The van der Waals surface area contributed by atoms with Crippen LogP contribution in [0.2, 0.25) is 0 Å². The van der Waals surface area contributed by atoms with Crippen molar-refractivity contribution in [3.63, 3.8) is 0 Å². The molecule has 2 heterocycles. The number of ketones is 1. The second-order valence-electron chi connectivity index (χ2n) is 9.05. The molecule has 0 saturated carbocycles. The minimum atomic E-state index is -3.85. The number of aliphatic hydroxyl groups excluding tert-OH is 1. The highest BCUT2D eigenvalue weighted by Crippen LogP contribution is 2.42. The number of alkyl halides is 2. The average molecular weight is 552 g/mol. The molecule has 5 N–H and O–H groups in total. The van der Waals surface area contributed by atoms with E-state index in [1.54, 1.807) is 24.3 Å². The van der Waals surface area contributed by atoms with Crippen LogP contribution in [0.3, 0.4) is 0 Å². The van der Waals surface area contributed by atoms with Gasteiger partial charge in [-0.3, -0.25) is 14.2 Å². The van der Waals surface area contributed by atoms with E-state index < -0.39 is 42.7 Å². The fourth-order valence-corrected chi connectivity index (χ4v) is 3.84. The number of Topliss-reactive ketones (excluding diaryl/α,β-unsaturated/α-hetero) is 1. The summed E-state index contributed by atoms with van der Waals surface area (Å²) >= 11 is 0. The van der Waals surface area contributed by atoms with Crippen LogP contribution < -0.4 is 22.1 Å². The molecule has 212 valence electrons. The zero-order chi connectivity index (χ0) is 28.6. The maximum atomic E-state index is 14.5. The summed E-state index contributed by atoms with van der Waals surface area (Å²) in [5.74, 6) is -4.16. The maximum Gasteiger partial charge on any atom is 0.407 e. The second kappa shape index (κ2) is 13.2. The first-order valence-corrected chi connectivity index (χ1v) is 12.3. The highest BCUT2D eigenvalue weighted by molar-refractivity contribution is 5.94. The smallest absolute Gasteiger partial charge is 0.407 e. The lowest BCUT2D eigenvalue weighted by atomic mass is 10.1. The lowest BCUT2D eigenvalue weighted by Crippen LogP contribution is -2.42. The Hall–Kier alpha value is -3.91. The van der Waals surface area contributed by atoms with Gasteiger partial charge in [0, 0.05) is 31.3 Å². The average Bonchev–Trinajstić information content (AvgIpc) is 3.11. The third-order valence-electron chi connectivity index (χ3n) is 6.06. The van der Waals surface area contributed by atoms with Crippen LogP contribution in [0.5, 0.6) is 0 Å². The van der Waals surface area contributed by atoms with Crippen molar-refractivity contribution in [3.05, 3.63) is 58.1 Å². The molecule has 2 amide bonds. The van der Waals surface area contributed by atoms with Crippen molar-refractivity contribution >= 4 is 23.6 Å². The maximum absolute atomic E-state index is 14.5. The molecular formula is C25H31F2N5O7. The minimum Gasteiger partial charge on any atom is -0.447 e. The summed E-state index contributed by atoms with van der Waals surface area (Å²) in [6, 6.07) is 8.11. The standard InChI is InChI=1S/C25H31F2N5O7/c1-15(33)17-8-6-16(7-9-17)13-30-20(34)5-3-2-4-11-29-24(37)38-14-18-21(35)25(26,27)22(39-18)32-12-10-19(28)31-23(32)36/h6-10,12,18,21-22,35H,2-5,11,13-14H2,1H3,(H,29,37)(H,30,34)(H2,28,31,36)/t18-,21+,22-/m1/s1. The van der Waals surface area contributed by atoms with Gasteiger partial charge < -0.3 is 30.9 Å². The quantitative estimate of drug-likeness (QED) is 0.225. The van der Waals surface area contributed by atoms with Crippen LogP contribution in [0.4, 0.5) is 19.4 Å². The molecule has 14 heteroatoms. The Balaban J connectivity index is 1.30. The Morgan fingerprint density at radius 1 is 1.15 bits per heavy atom. The topological polar surface area (TPSA) is 175 Å². The molecule has 12 nitrogen and oxygen atoms in total. The molecule has 3 rings (SSSR count). The zero-order valence-electron chi connectivity index (χ0n) is 21.3. The van der Waals surface area contributed by atoms with Crippen molar-refractivity contribution in [1.29, 1.82) is 0 Å². The van der Waals surface area contributed by atoms with Gasteiger partial charge in [0.15, 0.2) is 11.9 Å². The lowest BCUT2D eigenvalue weighted by molar-refractivity contribution is -0.140. The number of nitrogens with zero attached hydrogens (tertiary/aromatic N) is 2. The molecule has 0 spiro atoms. The fraction of sp³-hybridized carbons (Fsp3) is 0.480. The number of rotatable bonds is 12. The number of benzene rings is 1. The van der Waals surface area contributed by atoms with Gasteiger partial charge in [0.25, 0.3) is 0 Å². The SMILES string of the molecule is CC(=O)c1ccc(CNC(=O)CCCCCNC(=O)OC[C@H]2O[C@@H](n3ccc(N)nc3=O)C(F)(F)[C@H]2O)cc1. The largest absolute Gasteiger partial charge is 0.447 e. The number of hydrogen-bond acceptors (Lipinski definition) is 9. The molecule has 0 unspecified atom stereocenters. The number of hydrogen-bond donors (Lipinski definition) is 4. The number of aliphatic hydroxyl groups is 1. The predicted molar refractivity (Wildman–Crippen MR) is 134 cm³/mol. The van der Waals surface area contributed by atoms with E-state index in [9.17, 15) is 33.1 Å². The third kappa shape index (κ3) is 8.04. The number of nitrogens with two attached hydrogens (primary N) is 1. The summed E-state index contributed by atoms with van der Waals surface area (Å²) in [7, 11) is 0. The van der Waals surface area contributed by atoms with Crippen molar-refractivity contribution in [2.75, 3.05) is 18.9 Å². The number of nitrogen functional groups attached to an aromatic ring is 1. The molecule has 1 aliphatic heterocycles. The first kappa shape index (κ1) is 29.6. The Morgan fingerprint density at radius 2 is 1.87 bits per heavy atom. The summed E-state index contributed by atoms with van der Waals surface area (Å²) in [6.07, 6.45) is -3.89. The van der Waals surface area contributed by atoms with Crippen LogP contribution in [0, 0.1) is 0 Å². The normalized spacial score (nSPS) is 19.8. The van der Waals surface area contributed by atoms with Gasteiger partial charge in [0.2, 0.25) is 12.1 Å². The van der Waals surface area contributed by atoms with Gasteiger partial charge in [-0.15, -0.1) is 0 Å². The van der Waals surface area contributed by atoms with Crippen LogP contribution >= 0.6 is 0 Å². The predicted octanol–water partition coefficient (Wildman–Crippen LogP) is 1.52. The van der Waals surface area contributed by atoms with E-state index >= 15 is 0 Å². The molecule has 2 aromatic rings. The van der Waals surface area contributed by atoms with E-state index in [4.69, 9.17) is 15.2 Å². The van der Waals surface area contributed by atoms with Gasteiger partial charge in [0.05, 0.1) is 0 Å². The van der Waals surface area contributed by atoms with Crippen molar-refractivity contribution in [2.24, 2.45) is 0 Å². The molecular weight excluding hydrogens is 520 g/mol. The summed E-state index contributed by atoms with van der Waals surface area (Å²) in [5.41, 5.74) is 5.76. The van der Waals surface area contributed by atoms with E-state index in [1.165, 1.54) is 6.92 Å². The molecule has 0 aliphatic carbocycles. The number of halogens is 2. The van der Waals surface area contributed by atoms with E-state index in [0.717, 1.165) is 17.8 Å². The molecule has 1 fully saturated rings. The summed E-state index contributed by atoms with van der Waals surface area (Å²) in [4.78, 5) is 50.5. The molecule has 3 atom stereocenters. The Kier molecular flexibility index (Phi) is 10.1. The summed E-state index contributed by atoms with van der Waals surface area (Å²) in [6.45, 7) is 1.39. The molecule has 1 aromatic heterocycles. The molecule has 0 bridgehead atoms. The zero-order valence-corrected chi connectivity index (χ0v) is 21.3. The highest BCUT2D eigenvalue weighted by Gasteiger charge is 2.60. The fourth-order valence-electron chi connectivity index (χ4n) is 3.84. The lowest BCUT2D eigenvalue weighted by Gasteiger charge is -2.20. The minimum absolute atomic E-state index is 0.0276. The van der Waals surface area contributed by atoms with Crippen molar-refractivity contribution in [2.45, 2.75) is 63.5 Å². The first-order chi connectivity index (χ1) is 18.5. The van der Waals surface area contributed by atoms with Crippen molar-refractivity contribution < 1.29 is 37.7 Å². The molecule has 1 saturated heterocycles. The monoisotopic (exact) mass is 551 g/mol. The number of anilines is 1. The van der Waals surface area contributed by atoms with Gasteiger partial charge in [0.1, 0.15) is 18.5 Å². The Labute approximate surface area is 222 Å². The van der Waals surface area contributed by atoms with E-state index in [1.807, 2.05) is 0 Å². The van der Waals surface area contributed by atoms with Gasteiger partial charge in [-0.05, 0) is 31.4 Å². The van der Waals surface area contributed by atoms with Crippen LogP contribution in [0.1, 0.15) is 54.8 Å². The van der Waals surface area contributed by atoms with Gasteiger partial charge >= 0.3 is 17.7 Å². The number of carbonyl (C=O) groups excluding carboxylic acids is 3. The molecule has 1 aliphatic rings. The third-order valence-corrected chi connectivity index (χ3v) is 6.06. The molecule has 39 heavy (non-hydrogen) atoms. The van der Waals surface area contributed by atoms with E-state index in [-0.39, 0.29) is 24.1 Å². The van der Waals surface area contributed by atoms with Gasteiger partial charge in [-0.1, -0.05) is 30.7 Å². The first-order valence-electron chi connectivity index (χ1n) is 12.3. The highest BCUT2D eigenvalue weighted by atomic mass is 19.3. The summed E-state index contributed by atoms with van der Waals surface area (Å²) in [5, 5.41) is 15.2. The van der Waals surface area contributed by atoms with Gasteiger partial charge in [-0.2, -0.15) is 13.8 Å². The van der Waals surface area contributed by atoms with Crippen LogP contribution in [-0.2, 0) is 20.8 Å². The Bertz CT molecular complexity index is 1220.